The van der Waals surface area contributed by atoms with E-state index in [0.717, 1.165) is 0 Å². The Labute approximate surface area is 119 Å². The van der Waals surface area contributed by atoms with Crippen LogP contribution in [-0.4, -0.2) is 0 Å². The predicted molar refractivity (Wildman–Crippen MR) is 73.6 cm³/mol. The molecule has 2 aromatic carbocycles. The normalized spacial score (nSPS) is 12.5. The van der Waals surface area contributed by atoms with Crippen LogP contribution < -0.4 is 5.73 Å². The van der Waals surface area contributed by atoms with E-state index in [1.807, 2.05) is 0 Å². The van der Waals surface area contributed by atoms with Gasteiger partial charge in [-0.25, -0.2) is 8.78 Å². The summed E-state index contributed by atoms with van der Waals surface area (Å²) in [4.78, 5) is 0. The molecule has 0 heterocycles. The molecule has 0 aromatic heterocycles. The van der Waals surface area contributed by atoms with Crippen molar-refractivity contribution in [2.75, 3.05) is 0 Å². The van der Waals surface area contributed by atoms with Crippen molar-refractivity contribution in [3.63, 3.8) is 0 Å². The van der Waals surface area contributed by atoms with Crippen LogP contribution in [0.4, 0.5) is 8.78 Å². The number of hydrogen-bond acceptors (Lipinski definition) is 1. The molecule has 0 spiro atoms. The predicted octanol–water partition coefficient (Wildman–Crippen LogP) is 4.63. The van der Waals surface area contributed by atoms with Crippen molar-refractivity contribution in [1.29, 1.82) is 0 Å². The molecule has 1 nitrogen and oxygen atoms in total. The van der Waals surface area contributed by atoms with E-state index in [-0.39, 0.29) is 10.0 Å². The molecule has 0 saturated carbocycles. The summed E-state index contributed by atoms with van der Waals surface area (Å²) < 4.78 is 26.8. The van der Waals surface area contributed by atoms with Crippen LogP contribution in [0, 0.1) is 18.6 Å². The smallest absolute Gasteiger partial charge is 0.142 e. The summed E-state index contributed by atoms with van der Waals surface area (Å²) in [6.45, 7) is 1.62. The Hall–Kier alpha value is -1.16. The Balaban J connectivity index is 2.46. The second-order valence-electron chi connectivity index (χ2n) is 4.27. The van der Waals surface area contributed by atoms with Crippen molar-refractivity contribution in [2.45, 2.75) is 13.0 Å². The Morgan fingerprint density at radius 1 is 1.00 bits per heavy atom. The average molecular weight is 302 g/mol. The average Bonchev–Trinajstić information content (AvgIpc) is 2.36. The van der Waals surface area contributed by atoms with Gasteiger partial charge in [-0.15, -0.1) is 0 Å². The fraction of sp³-hybridized carbons (Fsp3) is 0.143. The summed E-state index contributed by atoms with van der Waals surface area (Å²) >= 11 is 11.6. The SMILES string of the molecule is Cc1cc(C(N)c2ccc(Cl)c(F)c2)c(Cl)cc1F. The van der Waals surface area contributed by atoms with Crippen molar-refractivity contribution in [3.8, 4) is 0 Å². The quantitative estimate of drug-likeness (QED) is 0.860. The molecule has 19 heavy (non-hydrogen) atoms. The van der Waals surface area contributed by atoms with Gasteiger partial charge in [-0.2, -0.15) is 0 Å². The number of rotatable bonds is 2. The largest absolute Gasteiger partial charge is 0.320 e. The zero-order chi connectivity index (χ0) is 14.2. The molecule has 0 saturated heterocycles. The third-order valence-electron chi connectivity index (χ3n) is 2.92. The van der Waals surface area contributed by atoms with Crippen molar-refractivity contribution < 1.29 is 8.78 Å². The lowest BCUT2D eigenvalue weighted by Gasteiger charge is -2.15. The van der Waals surface area contributed by atoms with Crippen LogP contribution in [0.5, 0.6) is 0 Å². The summed E-state index contributed by atoms with van der Waals surface area (Å²) in [5, 5.41) is 0.239. The van der Waals surface area contributed by atoms with Crippen LogP contribution in [0.1, 0.15) is 22.7 Å². The molecule has 0 radical (unpaired) electrons. The van der Waals surface area contributed by atoms with E-state index in [2.05, 4.69) is 0 Å². The minimum atomic E-state index is -0.640. The van der Waals surface area contributed by atoms with Crippen LogP contribution in [0.3, 0.4) is 0 Å². The Morgan fingerprint density at radius 2 is 1.68 bits per heavy atom. The van der Waals surface area contributed by atoms with Crippen LogP contribution >= 0.6 is 23.2 Å². The van der Waals surface area contributed by atoms with Gasteiger partial charge in [0.05, 0.1) is 11.1 Å². The molecule has 100 valence electrons. The van der Waals surface area contributed by atoms with Crippen molar-refractivity contribution >= 4 is 23.2 Å². The Bertz CT molecular complexity index is 629. The molecule has 0 fully saturated rings. The van der Waals surface area contributed by atoms with E-state index >= 15 is 0 Å². The molecule has 5 heteroatoms. The topological polar surface area (TPSA) is 26.0 Å². The summed E-state index contributed by atoms with van der Waals surface area (Å²) in [6.07, 6.45) is 0. The number of benzene rings is 2. The van der Waals surface area contributed by atoms with E-state index in [1.165, 1.54) is 18.2 Å². The molecule has 2 aromatic rings. The van der Waals surface area contributed by atoms with E-state index in [1.54, 1.807) is 19.1 Å². The molecule has 0 bridgehead atoms. The lowest BCUT2D eigenvalue weighted by molar-refractivity contribution is 0.615. The standard InChI is InChI=1S/C14H11Cl2F2N/c1-7-4-9(11(16)6-12(7)17)14(19)8-2-3-10(15)13(18)5-8/h2-6,14H,19H2,1H3. The molecule has 1 unspecified atom stereocenters. The van der Waals surface area contributed by atoms with Gasteiger partial charge in [0.1, 0.15) is 11.6 Å². The lowest BCUT2D eigenvalue weighted by atomic mass is 9.98. The maximum atomic E-state index is 13.4. The van der Waals surface area contributed by atoms with Gasteiger partial charge in [-0.1, -0.05) is 29.3 Å². The third-order valence-corrected chi connectivity index (χ3v) is 3.55. The minimum absolute atomic E-state index is 0.0253. The number of aryl methyl sites for hydroxylation is 1. The number of nitrogens with two attached hydrogens (primary N) is 1. The molecule has 0 aliphatic heterocycles. The third kappa shape index (κ3) is 2.89. The highest BCUT2D eigenvalue weighted by atomic mass is 35.5. The Kier molecular flexibility index (Phi) is 4.09. The first-order valence-electron chi connectivity index (χ1n) is 5.56. The van der Waals surface area contributed by atoms with Crippen molar-refractivity contribution in [2.24, 2.45) is 5.73 Å². The van der Waals surface area contributed by atoms with Gasteiger partial charge >= 0.3 is 0 Å². The molecule has 2 rings (SSSR count). The van der Waals surface area contributed by atoms with Crippen molar-refractivity contribution in [1.82, 2.24) is 0 Å². The number of hydrogen-bond donors (Lipinski definition) is 1. The Morgan fingerprint density at radius 3 is 2.32 bits per heavy atom. The summed E-state index contributed by atoms with van der Waals surface area (Å²) in [5.74, 6) is -0.951. The lowest BCUT2D eigenvalue weighted by Crippen LogP contribution is -2.13. The van der Waals surface area contributed by atoms with Crippen LogP contribution in [-0.2, 0) is 0 Å². The fourth-order valence-electron chi connectivity index (χ4n) is 1.80. The van der Waals surface area contributed by atoms with Gasteiger partial charge in [0.2, 0.25) is 0 Å². The van der Waals surface area contributed by atoms with Crippen LogP contribution in [0.2, 0.25) is 10.0 Å². The van der Waals surface area contributed by atoms with Gasteiger partial charge in [0.15, 0.2) is 0 Å². The van der Waals surface area contributed by atoms with E-state index in [9.17, 15) is 8.78 Å². The number of halogens is 4. The molecule has 0 aliphatic rings. The molecular formula is C14H11Cl2F2N. The second-order valence-corrected chi connectivity index (χ2v) is 5.09. The maximum absolute atomic E-state index is 13.4. The zero-order valence-electron chi connectivity index (χ0n) is 10.1. The maximum Gasteiger partial charge on any atom is 0.142 e. The van der Waals surface area contributed by atoms with Crippen LogP contribution in [0.25, 0.3) is 0 Å². The van der Waals surface area contributed by atoms with E-state index in [4.69, 9.17) is 28.9 Å². The zero-order valence-corrected chi connectivity index (χ0v) is 11.6. The fourth-order valence-corrected chi connectivity index (χ4v) is 2.19. The first-order valence-corrected chi connectivity index (χ1v) is 6.32. The molecule has 1 atom stereocenters. The monoisotopic (exact) mass is 301 g/mol. The van der Waals surface area contributed by atoms with Gasteiger partial charge in [-0.3, -0.25) is 0 Å². The highest BCUT2D eigenvalue weighted by Gasteiger charge is 2.16. The highest BCUT2D eigenvalue weighted by Crippen LogP contribution is 2.30. The molecule has 0 amide bonds. The van der Waals surface area contributed by atoms with Gasteiger partial charge in [0.25, 0.3) is 0 Å². The van der Waals surface area contributed by atoms with E-state index in [0.29, 0.717) is 16.7 Å². The molecule has 0 aliphatic carbocycles. The summed E-state index contributed by atoms with van der Waals surface area (Å²) in [5.41, 5.74) is 7.54. The summed E-state index contributed by atoms with van der Waals surface area (Å²) in [7, 11) is 0. The van der Waals surface area contributed by atoms with E-state index < -0.39 is 17.7 Å². The second kappa shape index (κ2) is 5.45. The highest BCUT2D eigenvalue weighted by molar-refractivity contribution is 6.31. The summed E-state index contributed by atoms with van der Waals surface area (Å²) in [6, 6.07) is 6.43. The first kappa shape index (κ1) is 14.3. The van der Waals surface area contributed by atoms with Crippen molar-refractivity contribution in [3.05, 3.63) is 68.7 Å². The van der Waals surface area contributed by atoms with Crippen LogP contribution in [0.15, 0.2) is 30.3 Å². The molecule has 2 N–H and O–H groups in total. The van der Waals surface area contributed by atoms with Gasteiger partial charge < -0.3 is 5.73 Å². The van der Waals surface area contributed by atoms with Gasteiger partial charge in [0, 0.05) is 5.02 Å². The van der Waals surface area contributed by atoms with Gasteiger partial charge in [-0.05, 0) is 47.9 Å². The first-order chi connectivity index (χ1) is 8.90. The minimum Gasteiger partial charge on any atom is -0.320 e. The molecular weight excluding hydrogens is 291 g/mol.